The van der Waals surface area contributed by atoms with Crippen LogP contribution in [0.2, 0.25) is 0 Å². The lowest BCUT2D eigenvalue weighted by Gasteiger charge is -2.43. The number of carbonyl (C=O) groups excluding carboxylic acids is 1. The molecule has 0 N–H and O–H groups in total. The summed E-state index contributed by atoms with van der Waals surface area (Å²) in [7, 11) is 0. The molecule has 6 rings (SSSR count). The first kappa shape index (κ1) is 22.2. The molecule has 3 aliphatic heterocycles. The number of amides is 1. The van der Waals surface area contributed by atoms with Gasteiger partial charge in [-0.3, -0.25) is 4.79 Å². The van der Waals surface area contributed by atoms with Crippen LogP contribution in [0.3, 0.4) is 0 Å². The summed E-state index contributed by atoms with van der Waals surface area (Å²) < 4.78 is 6.13. The van der Waals surface area contributed by atoms with E-state index in [1.54, 1.807) is 0 Å². The fourth-order valence-electron chi connectivity index (χ4n) is 6.19. The number of anilines is 1. The van der Waals surface area contributed by atoms with E-state index in [-0.39, 0.29) is 17.7 Å². The monoisotopic (exact) mass is 466 g/mol. The Balaban J connectivity index is 1.37. The van der Waals surface area contributed by atoms with Crippen molar-refractivity contribution in [1.82, 2.24) is 4.90 Å². The van der Waals surface area contributed by atoms with Crippen LogP contribution in [0, 0.1) is 0 Å². The minimum absolute atomic E-state index is 0.159. The zero-order valence-electron chi connectivity index (χ0n) is 21.0. The van der Waals surface area contributed by atoms with Crippen molar-refractivity contribution in [2.75, 3.05) is 18.0 Å². The minimum atomic E-state index is -0.231. The first-order valence-electron chi connectivity index (χ1n) is 12.9. The summed E-state index contributed by atoms with van der Waals surface area (Å²) in [4.78, 5) is 17.5. The van der Waals surface area contributed by atoms with Gasteiger partial charge >= 0.3 is 0 Å². The number of benzene rings is 3. The van der Waals surface area contributed by atoms with Crippen LogP contribution < -0.4 is 9.64 Å². The second-order valence-electron chi connectivity index (χ2n) is 11.1. The van der Waals surface area contributed by atoms with Gasteiger partial charge in [-0.1, -0.05) is 48.5 Å². The number of hydrogen-bond donors (Lipinski definition) is 0. The number of rotatable bonds is 4. The van der Waals surface area contributed by atoms with Gasteiger partial charge in [0, 0.05) is 25.2 Å². The first-order valence-corrected chi connectivity index (χ1v) is 12.9. The van der Waals surface area contributed by atoms with Crippen molar-refractivity contribution in [2.45, 2.75) is 64.1 Å². The molecule has 3 aromatic rings. The maximum atomic E-state index is 12.8. The Morgan fingerprint density at radius 3 is 2.37 bits per heavy atom. The van der Waals surface area contributed by atoms with Crippen LogP contribution in [-0.4, -0.2) is 29.5 Å². The zero-order chi connectivity index (χ0) is 24.2. The summed E-state index contributed by atoms with van der Waals surface area (Å²) in [5.74, 6) is 1.20. The first-order chi connectivity index (χ1) is 16.9. The summed E-state index contributed by atoms with van der Waals surface area (Å²) in [5, 5.41) is 0. The molecule has 2 atom stereocenters. The van der Waals surface area contributed by atoms with Gasteiger partial charge in [-0.25, -0.2) is 0 Å². The fourth-order valence-corrected chi connectivity index (χ4v) is 6.19. The molecule has 1 fully saturated rings. The van der Waals surface area contributed by atoms with Crippen LogP contribution in [0.25, 0.3) is 11.1 Å². The molecule has 0 aliphatic carbocycles. The van der Waals surface area contributed by atoms with Crippen LogP contribution in [0.5, 0.6) is 5.75 Å². The quantitative estimate of drug-likeness (QED) is 0.429. The number of hydrogen-bond acceptors (Lipinski definition) is 3. The van der Waals surface area contributed by atoms with Crippen molar-refractivity contribution in [3.05, 3.63) is 83.4 Å². The topological polar surface area (TPSA) is 32.8 Å². The Morgan fingerprint density at radius 2 is 1.60 bits per heavy atom. The van der Waals surface area contributed by atoms with Crippen molar-refractivity contribution < 1.29 is 9.53 Å². The predicted octanol–water partition coefficient (Wildman–Crippen LogP) is 6.70. The van der Waals surface area contributed by atoms with E-state index >= 15 is 0 Å². The number of nitrogens with zero attached hydrogens (tertiary/aromatic N) is 2. The average Bonchev–Trinajstić information content (AvgIpc) is 3.46. The number of para-hydroxylation sites is 1. The maximum absolute atomic E-state index is 12.8. The van der Waals surface area contributed by atoms with Crippen LogP contribution in [0.15, 0.2) is 66.7 Å². The molecule has 0 spiro atoms. The number of likely N-dealkylation sites (tertiary alicyclic amines) is 1. The molecule has 1 saturated heterocycles. The smallest absolute Gasteiger partial charge is 0.223 e. The van der Waals surface area contributed by atoms with Crippen molar-refractivity contribution in [1.29, 1.82) is 0 Å². The Labute approximate surface area is 208 Å². The molecule has 180 valence electrons. The molecule has 0 aromatic heterocycles. The van der Waals surface area contributed by atoms with Crippen LogP contribution in [0.4, 0.5) is 5.69 Å². The van der Waals surface area contributed by atoms with Crippen molar-refractivity contribution >= 4 is 11.6 Å². The number of ether oxygens (including phenoxy) is 1. The second-order valence-corrected chi connectivity index (χ2v) is 11.1. The van der Waals surface area contributed by atoms with E-state index in [2.05, 4.69) is 91.2 Å². The molecule has 3 aromatic carbocycles. The lowest BCUT2D eigenvalue weighted by atomic mass is 9.86. The lowest BCUT2D eigenvalue weighted by molar-refractivity contribution is -0.130. The van der Waals surface area contributed by atoms with Gasteiger partial charge in [0.25, 0.3) is 0 Å². The highest BCUT2D eigenvalue weighted by atomic mass is 16.5. The average molecular weight is 467 g/mol. The third-order valence-corrected chi connectivity index (χ3v) is 7.59. The van der Waals surface area contributed by atoms with E-state index in [9.17, 15) is 4.79 Å². The van der Waals surface area contributed by atoms with Crippen molar-refractivity contribution in [3.63, 3.8) is 0 Å². The standard InChI is InChI=1S/C31H34N2O2/c1-31(2,3)35-25-12-5-10-23(19-25)22-9-4-11-24(18-22)27-20-28(32-16-7-14-29(32)34)26-13-6-8-21-15-17-33(27)30(21)26/h4-6,8-13,18-19,27-28H,7,14-17,20H2,1-3H3. The van der Waals surface area contributed by atoms with Gasteiger partial charge < -0.3 is 14.5 Å². The van der Waals surface area contributed by atoms with E-state index in [1.807, 2.05) is 6.07 Å². The molecular formula is C31H34N2O2. The maximum Gasteiger partial charge on any atom is 0.223 e. The van der Waals surface area contributed by atoms with Crippen LogP contribution >= 0.6 is 0 Å². The van der Waals surface area contributed by atoms with E-state index in [4.69, 9.17) is 4.74 Å². The zero-order valence-corrected chi connectivity index (χ0v) is 21.0. The predicted molar refractivity (Wildman–Crippen MR) is 141 cm³/mol. The summed E-state index contributed by atoms with van der Waals surface area (Å²) in [6, 6.07) is 24.5. The van der Waals surface area contributed by atoms with Gasteiger partial charge in [0.2, 0.25) is 5.91 Å². The normalized spacial score (nSPS) is 21.4. The highest BCUT2D eigenvalue weighted by Gasteiger charge is 2.41. The molecule has 0 radical (unpaired) electrons. The molecular weight excluding hydrogens is 432 g/mol. The summed E-state index contributed by atoms with van der Waals surface area (Å²) in [6.07, 6.45) is 3.68. The largest absolute Gasteiger partial charge is 0.488 e. The lowest BCUT2D eigenvalue weighted by Crippen LogP contribution is -2.39. The molecule has 3 heterocycles. The fraction of sp³-hybridized carbons (Fsp3) is 0.387. The van der Waals surface area contributed by atoms with Crippen molar-refractivity contribution in [3.8, 4) is 16.9 Å². The summed E-state index contributed by atoms with van der Waals surface area (Å²) in [6.45, 7) is 8.14. The molecule has 1 amide bonds. The van der Waals surface area contributed by atoms with Gasteiger partial charge in [-0.05, 0) is 86.1 Å². The Bertz CT molecular complexity index is 1270. The number of carbonyl (C=O) groups is 1. The van der Waals surface area contributed by atoms with E-state index in [1.165, 1.54) is 27.9 Å². The third-order valence-electron chi connectivity index (χ3n) is 7.59. The van der Waals surface area contributed by atoms with Gasteiger partial charge in [-0.15, -0.1) is 0 Å². The van der Waals surface area contributed by atoms with Crippen LogP contribution in [-0.2, 0) is 11.2 Å². The van der Waals surface area contributed by atoms with E-state index < -0.39 is 0 Å². The molecule has 35 heavy (non-hydrogen) atoms. The Kier molecular flexibility index (Phi) is 5.36. The summed E-state index contributed by atoms with van der Waals surface area (Å²) >= 11 is 0. The molecule has 2 unspecified atom stereocenters. The molecule has 4 heteroatoms. The minimum Gasteiger partial charge on any atom is -0.488 e. The summed E-state index contributed by atoms with van der Waals surface area (Å²) in [5.41, 5.74) is 7.60. The Morgan fingerprint density at radius 1 is 0.829 bits per heavy atom. The third kappa shape index (κ3) is 4.09. The SMILES string of the molecule is CC(C)(C)Oc1cccc(-c2cccc(C3CC(N4CCCC4=O)c4cccc5c4N3CC5)c2)c1. The van der Waals surface area contributed by atoms with Crippen molar-refractivity contribution in [2.24, 2.45) is 0 Å². The molecule has 0 bridgehead atoms. The van der Waals surface area contributed by atoms with Gasteiger partial charge in [0.1, 0.15) is 11.4 Å². The second kappa shape index (κ2) is 8.44. The van der Waals surface area contributed by atoms with Gasteiger partial charge in [0.05, 0.1) is 12.1 Å². The highest BCUT2D eigenvalue weighted by molar-refractivity contribution is 5.80. The molecule has 0 saturated carbocycles. The molecule has 4 nitrogen and oxygen atoms in total. The van der Waals surface area contributed by atoms with E-state index in [0.29, 0.717) is 12.3 Å². The Hall–Kier alpha value is -3.27. The highest BCUT2D eigenvalue weighted by Crippen LogP contribution is 2.51. The van der Waals surface area contributed by atoms with Gasteiger partial charge in [0.15, 0.2) is 0 Å². The van der Waals surface area contributed by atoms with Crippen LogP contribution in [0.1, 0.15) is 68.8 Å². The van der Waals surface area contributed by atoms with Gasteiger partial charge in [-0.2, -0.15) is 0 Å². The van der Waals surface area contributed by atoms with E-state index in [0.717, 1.165) is 43.7 Å². The molecule has 3 aliphatic rings.